The van der Waals surface area contributed by atoms with Gasteiger partial charge >= 0.3 is 39.5 Å². The van der Waals surface area contributed by atoms with Gasteiger partial charge in [-0.1, -0.05) is 331 Å². The Balaban J connectivity index is 5.19. The van der Waals surface area contributed by atoms with Crippen LogP contribution < -0.4 is 0 Å². The summed E-state index contributed by atoms with van der Waals surface area (Å²) in [6.45, 7) is 14.1. The molecule has 0 aromatic heterocycles. The van der Waals surface area contributed by atoms with E-state index in [0.717, 1.165) is 114 Å². The van der Waals surface area contributed by atoms with E-state index in [1.165, 1.54) is 180 Å². The van der Waals surface area contributed by atoms with Crippen LogP contribution in [0.5, 0.6) is 0 Å². The number of aliphatic hydroxyl groups is 1. The molecule has 0 aliphatic carbocycles. The van der Waals surface area contributed by atoms with Gasteiger partial charge in [0.1, 0.15) is 19.3 Å². The maximum Gasteiger partial charge on any atom is 0.472 e. The van der Waals surface area contributed by atoms with Crippen molar-refractivity contribution in [2.75, 3.05) is 39.6 Å². The van der Waals surface area contributed by atoms with Crippen molar-refractivity contribution < 1.29 is 80.2 Å². The number of phosphoric acid groups is 2. The predicted molar refractivity (Wildman–Crippen MR) is 386 cm³/mol. The van der Waals surface area contributed by atoms with Crippen LogP contribution in [0.1, 0.15) is 383 Å². The molecule has 0 bridgehead atoms. The number of phosphoric ester groups is 2. The fourth-order valence-corrected chi connectivity index (χ4v) is 13.1. The molecule has 0 rings (SSSR count). The summed E-state index contributed by atoms with van der Waals surface area (Å²) < 4.78 is 68.5. The van der Waals surface area contributed by atoms with Crippen LogP contribution in [-0.4, -0.2) is 96.7 Å². The van der Waals surface area contributed by atoms with Crippen LogP contribution >= 0.6 is 15.6 Å². The molecule has 0 spiro atoms. The van der Waals surface area contributed by atoms with E-state index >= 15 is 0 Å². The molecule has 0 aromatic rings. The highest BCUT2D eigenvalue weighted by Crippen LogP contribution is 2.45. The monoisotopic (exact) mass is 1400 g/mol. The largest absolute Gasteiger partial charge is 0.472 e. The number of carbonyl (C=O) groups excluding carboxylic acids is 4. The number of carbonyl (C=O) groups is 4. The molecule has 0 aromatic carbocycles. The van der Waals surface area contributed by atoms with Gasteiger partial charge in [0, 0.05) is 25.7 Å². The van der Waals surface area contributed by atoms with Crippen LogP contribution in [0, 0.1) is 23.7 Å². The van der Waals surface area contributed by atoms with Crippen LogP contribution in [0.4, 0.5) is 0 Å². The molecule has 17 nitrogen and oxygen atoms in total. The van der Waals surface area contributed by atoms with Crippen LogP contribution in [0.15, 0.2) is 0 Å². The summed E-state index contributed by atoms with van der Waals surface area (Å²) in [5.74, 6) is 0.902. The summed E-state index contributed by atoms with van der Waals surface area (Å²) in [6.07, 6.45) is 50.1. The zero-order valence-electron chi connectivity index (χ0n) is 62.3. The van der Waals surface area contributed by atoms with Gasteiger partial charge in [-0.05, 0) is 49.4 Å². The van der Waals surface area contributed by atoms with Gasteiger partial charge < -0.3 is 33.8 Å². The Bertz CT molecular complexity index is 1870. The van der Waals surface area contributed by atoms with E-state index in [4.69, 9.17) is 37.0 Å². The maximum absolute atomic E-state index is 13.1. The summed E-state index contributed by atoms with van der Waals surface area (Å²) in [4.78, 5) is 72.8. The van der Waals surface area contributed by atoms with Gasteiger partial charge in [-0.15, -0.1) is 0 Å². The summed E-state index contributed by atoms with van der Waals surface area (Å²) in [7, 11) is -9.91. The third-order valence-electron chi connectivity index (χ3n) is 17.9. The number of unbranched alkanes of at least 4 members (excludes halogenated alkanes) is 38. The van der Waals surface area contributed by atoms with Crippen molar-refractivity contribution in [2.24, 2.45) is 23.7 Å². The first kappa shape index (κ1) is 93.1. The summed E-state index contributed by atoms with van der Waals surface area (Å²) in [5, 5.41) is 10.6. The molecule has 0 fully saturated rings. The molecule has 3 N–H and O–H groups in total. The lowest BCUT2D eigenvalue weighted by molar-refractivity contribution is -0.161. The Labute approximate surface area is 581 Å². The number of hydrogen-bond donors (Lipinski definition) is 3. The second-order valence-electron chi connectivity index (χ2n) is 29.1. The second kappa shape index (κ2) is 65.4. The van der Waals surface area contributed by atoms with E-state index in [-0.39, 0.29) is 25.7 Å². The molecule has 0 saturated heterocycles. The third kappa shape index (κ3) is 69.0. The molecule has 4 unspecified atom stereocenters. The Hall–Kier alpha value is -1.94. The Morgan fingerprint density at radius 3 is 0.747 bits per heavy atom. The Kier molecular flexibility index (Phi) is 64.0. The Morgan fingerprint density at radius 2 is 0.505 bits per heavy atom. The standard InChI is InChI=1S/C76H148O17P2/c1-9-69(8)55-47-39-34-35-43-51-59-76(81)93-72(63-86-73(78)56-48-40-31-25-21-17-12-10-11-15-19-23-28-36-44-52-66(2)3)65-91-95(84,85)89-61-70(77)60-88-94(82,83)90-64-71(62-87-74(79)57-49-41-33-27-30-38-46-54-68(6)7)92-75(80)58-50-42-32-26-22-18-14-13-16-20-24-29-37-45-53-67(4)5/h66-72,77H,9-65H2,1-8H3,(H,82,83)(H,84,85)/t69?,70?,71-,72-/m1/s1. The van der Waals surface area contributed by atoms with E-state index in [1.807, 2.05) is 0 Å². The molecule has 0 amide bonds. The second-order valence-corrected chi connectivity index (χ2v) is 32.0. The van der Waals surface area contributed by atoms with Gasteiger partial charge in [-0.3, -0.25) is 37.3 Å². The van der Waals surface area contributed by atoms with Gasteiger partial charge in [0.2, 0.25) is 0 Å². The number of esters is 4. The van der Waals surface area contributed by atoms with Gasteiger partial charge in [0.25, 0.3) is 0 Å². The van der Waals surface area contributed by atoms with Crippen molar-refractivity contribution in [1.82, 2.24) is 0 Å². The first-order valence-corrected chi connectivity index (χ1v) is 42.2. The highest BCUT2D eigenvalue weighted by atomic mass is 31.2. The third-order valence-corrected chi connectivity index (χ3v) is 19.8. The highest BCUT2D eigenvalue weighted by molar-refractivity contribution is 7.47. The van der Waals surface area contributed by atoms with E-state index in [9.17, 15) is 43.2 Å². The molecule has 0 aliphatic rings. The van der Waals surface area contributed by atoms with Crippen LogP contribution in [0.25, 0.3) is 0 Å². The van der Waals surface area contributed by atoms with Crippen molar-refractivity contribution in [3.63, 3.8) is 0 Å². The first-order chi connectivity index (χ1) is 45.6. The van der Waals surface area contributed by atoms with Gasteiger partial charge in [0.15, 0.2) is 12.2 Å². The van der Waals surface area contributed by atoms with Crippen molar-refractivity contribution in [3.8, 4) is 0 Å². The molecule has 6 atom stereocenters. The zero-order chi connectivity index (χ0) is 70.3. The van der Waals surface area contributed by atoms with Crippen LogP contribution in [0.2, 0.25) is 0 Å². The lowest BCUT2D eigenvalue weighted by Gasteiger charge is -2.21. The molecule has 0 saturated carbocycles. The SMILES string of the molecule is CCC(C)CCCCCCCCC(=O)O[C@H](COC(=O)CCCCCCCCCCCCCCCCCC(C)C)COP(=O)(O)OCC(O)COP(=O)(O)OC[C@@H](COC(=O)CCCCCCCCCC(C)C)OC(=O)CCCCCCCCCCCCCCCCC(C)C. The summed E-state index contributed by atoms with van der Waals surface area (Å²) in [5.41, 5.74) is 0. The topological polar surface area (TPSA) is 237 Å². The molecular weight excluding hydrogens is 1250 g/mol. The summed E-state index contributed by atoms with van der Waals surface area (Å²) in [6, 6.07) is 0. The van der Waals surface area contributed by atoms with Gasteiger partial charge in [0.05, 0.1) is 26.4 Å². The molecule has 95 heavy (non-hydrogen) atoms. The van der Waals surface area contributed by atoms with E-state index in [2.05, 4.69) is 55.4 Å². The lowest BCUT2D eigenvalue weighted by Crippen LogP contribution is -2.30. The van der Waals surface area contributed by atoms with Crippen molar-refractivity contribution in [1.29, 1.82) is 0 Å². The molecule has 19 heteroatoms. The molecular formula is C76H148O17P2. The first-order valence-electron chi connectivity index (χ1n) is 39.2. The average molecular weight is 1400 g/mol. The smallest absolute Gasteiger partial charge is 0.462 e. The van der Waals surface area contributed by atoms with Crippen molar-refractivity contribution in [3.05, 3.63) is 0 Å². The fraction of sp³-hybridized carbons (Fsp3) is 0.947. The zero-order valence-corrected chi connectivity index (χ0v) is 64.1. The van der Waals surface area contributed by atoms with Gasteiger partial charge in [-0.2, -0.15) is 0 Å². The quantitative estimate of drug-likeness (QED) is 0.0222. The highest BCUT2D eigenvalue weighted by Gasteiger charge is 2.30. The lowest BCUT2D eigenvalue weighted by atomic mass is 10.00. The molecule has 0 radical (unpaired) electrons. The number of ether oxygens (including phenoxy) is 4. The summed E-state index contributed by atoms with van der Waals surface area (Å²) >= 11 is 0. The minimum Gasteiger partial charge on any atom is -0.462 e. The van der Waals surface area contributed by atoms with E-state index in [1.54, 1.807) is 0 Å². The Morgan fingerprint density at radius 1 is 0.295 bits per heavy atom. The van der Waals surface area contributed by atoms with E-state index < -0.39 is 97.5 Å². The predicted octanol–water partition coefficient (Wildman–Crippen LogP) is 22.0. The number of hydrogen-bond acceptors (Lipinski definition) is 15. The van der Waals surface area contributed by atoms with Crippen molar-refractivity contribution >= 4 is 39.5 Å². The fourth-order valence-electron chi connectivity index (χ4n) is 11.5. The molecule has 0 aliphatic heterocycles. The molecule has 0 heterocycles. The van der Waals surface area contributed by atoms with Crippen LogP contribution in [0.3, 0.4) is 0 Å². The maximum atomic E-state index is 13.1. The number of aliphatic hydroxyl groups excluding tert-OH is 1. The number of rotatable bonds is 73. The average Bonchev–Trinajstić information content (AvgIpc) is 1.54. The normalized spacial score (nSPS) is 14.4. The minimum atomic E-state index is -4.96. The van der Waals surface area contributed by atoms with Crippen LogP contribution in [-0.2, 0) is 65.4 Å². The minimum absolute atomic E-state index is 0.103. The van der Waals surface area contributed by atoms with Gasteiger partial charge in [-0.25, -0.2) is 9.13 Å². The van der Waals surface area contributed by atoms with E-state index in [0.29, 0.717) is 31.6 Å². The van der Waals surface area contributed by atoms with Crippen molar-refractivity contribution in [2.45, 2.75) is 401 Å². The molecule has 564 valence electrons.